The molecule has 0 aliphatic carbocycles. The van der Waals surface area contributed by atoms with E-state index in [4.69, 9.17) is 0 Å². The van der Waals surface area contributed by atoms with Crippen LogP contribution < -0.4 is 5.32 Å². The predicted molar refractivity (Wildman–Crippen MR) is 63.0 cm³/mol. The molecule has 0 bridgehead atoms. The normalized spacial score (nSPS) is 26.6. The van der Waals surface area contributed by atoms with Crippen LogP contribution in [-0.2, 0) is 0 Å². The maximum absolute atomic E-state index is 4.00. The molecule has 0 amide bonds. The molecule has 1 heteroatoms. The van der Waals surface area contributed by atoms with E-state index in [9.17, 15) is 0 Å². The quantitative estimate of drug-likeness (QED) is 0.671. The molecule has 1 heterocycles. The first kappa shape index (κ1) is 10.8. The minimum atomic E-state index is 0.386. The van der Waals surface area contributed by atoms with E-state index in [2.05, 4.69) is 44.5 Å². The Morgan fingerprint density at radius 2 is 2.36 bits per heavy atom. The summed E-state index contributed by atoms with van der Waals surface area (Å²) in [7, 11) is 0. The van der Waals surface area contributed by atoms with Crippen LogP contribution in [0, 0.1) is 0 Å². The topological polar surface area (TPSA) is 12.0 Å². The zero-order chi connectivity index (χ0) is 10.6. The van der Waals surface area contributed by atoms with Crippen molar-refractivity contribution in [1.29, 1.82) is 0 Å². The van der Waals surface area contributed by atoms with Gasteiger partial charge in [0.05, 0.1) is 0 Å². The molecule has 1 nitrogen and oxygen atoms in total. The summed E-state index contributed by atoms with van der Waals surface area (Å²) < 4.78 is 0. The van der Waals surface area contributed by atoms with Crippen molar-refractivity contribution >= 4 is 0 Å². The van der Waals surface area contributed by atoms with Crippen LogP contribution in [0.1, 0.15) is 26.7 Å². The van der Waals surface area contributed by atoms with Crippen molar-refractivity contribution in [3.63, 3.8) is 0 Å². The number of rotatable bonds is 3. The van der Waals surface area contributed by atoms with Crippen molar-refractivity contribution in [2.24, 2.45) is 0 Å². The molecule has 1 fully saturated rings. The molecule has 0 aromatic rings. The SMILES string of the molecule is C=CC1CC(=C/C(=C)CC)/C(=C\C)N1. The molecule has 0 spiro atoms. The molecule has 1 rings (SSSR count). The molecule has 1 N–H and O–H groups in total. The van der Waals surface area contributed by atoms with Crippen LogP contribution in [0.4, 0.5) is 0 Å². The first-order valence-electron chi connectivity index (χ1n) is 5.15. The van der Waals surface area contributed by atoms with Crippen molar-refractivity contribution in [3.05, 3.63) is 48.2 Å². The highest BCUT2D eigenvalue weighted by atomic mass is 15.0. The maximum atomic E-state index is 4.00. The first-order chi connectivity index (χ1) is 6.71. The highest BCUT2D eigenvalue weighted by Gasteiger charge is 2.19. The Morgan fingerprint density at radius 3 is 2.86 bits per heavy atom. The molecule has 0 aromatic heterocycles. The van der Waals surface area contributed by atoms with Crippen molar-refractivity contribution in [1.82, 2.24) is 5.32 Å². The number of hydrogen-bond donors (Lipinski definition) is 1. The predicted octanol–water partition coefficient (Wildman–Crippen LogP) is 3.33. The minimum absolute atomic E-state index is 0.386. The van der Waals surface area contributed by atoms with Crippen LogP contribution >= 0.6 is 0 Å². The van der Waals surface area contributed by atoms with E-state index in [-0.39, 0.29) is 0 Å². The van der Waals surface area contributed by atoms with Crippen LogP contribution in [0.5, 0.6) is 0 Å². The van der Waals surface area contributed by atoms with E-state index in [0.717, 1.165) is 12.8 Å². The third-order valence-corrected chi connectivity index (χ3v) is 2.53. The lowest BCUT2D eigenvalue weighted by Crippen LogP contribution is -2.16. The Balaban J connectivity index is 2.83. The summed E-state index contributed by atoms with van der Waals surface area (Å²) in [4.78, 5) is 0. The van der Waals surface area contributed by atoms with Crippen LogP contribution in [0.2, 0.25) is 0 Å². The third kappa shape index (κ3) is 2.38. The zero-order valence-electron chi connectivity index (χ0n) is 9.14. The number of allylic oxidation sites excluding steroid dienone is 4. The van der Waals surface area contributed by atoms with E-state index in [1.54, 1.807) is 0 Å². The van der Waals surface area contributed by atoms with Gasteiger partial charge < -0.3 is 5.32 Å². The smallest absolute Gasteiger partial charge is 0.0482 e. The summed E-state index contributed by atoms with van der Waals surface area (Å²) in [5, 5.41) is 3.40. The van der Waals surface area contributed by atoms with E-state index in [1.807, 2.05) is 6.08 Å². The van der Waals surface area contributed by atoms with Gasteiger partial charge in [0.1, 0.15) is 0 Å². The van der Waals surface area contributed by atoms with Gasteiger partial charge in [-0.15, -0.1) is 6.58 Å². The van der Waals surface area contributed by atoms with Crippen molar-refractivity contribution in [3.8, 4) is 0 Å². The largest absolute Gasteiger partial charge is 0.379 e. The fourth-order valence-electron chi connectivity index (χ4n) is 1.59. The van der Waals surface area contributed by atoms with Gasteiger partial charge in [-0.2, -0.15) is 0 Å². The van der Waals surface area contributed by atoms with Gasteiger partial charge >= 0.3 is 0 Å². The second kappa shape index (κ2) is 4.85. The second-order valence-electron chi connectivity index (χ2n) is 3.57. The summed E-state index contributed by atoms with van der Waals surface area (Å²) in [6, 6.07) is 0.386. The lowest BCUT2D eigenvalue weighted by Gasteiger charge is -2.02. The molecule has 1 unspecified atom stereocenters. The Hall–Kier alpha value is -1.24. The second-order valence-corrected chi connectivity index (χ2v) is 3.57. The van der Waals surface area contributed by atoms with Crippen molar-refractivity contribution in [2.45, 2.75) is 32.7 Å². The summed E-state index contributed by atoms with van der Waals surface area (Å²) in [6.07, 6.45) is 8.30. The monoisotopic (exact) mass is 189 g/mol. The van der Waals surface area contributed by atoms with Gasteiger partial charge in [0.2, 0.25) is 0 Å². The molecule has 1 saturated heterocycles. The van der Waals surface area contributed by atoms with Gasteiger partial charge in [-0.25, -0.2) is 0 Å². The molecule has 14 heavy (non-hydrogen) atoms. The van der Waals surface area contributed by atoms with Gasteiger partial charge in [-0.1, -0.05) is 37.3 Å². The Labute approximate surface area is 86.9 Å². The molecular weight excluding hydrogens is 170 g/mol. The summed E-state index contributed by atoms with van der Waals surface area (Å²) in [6.45, 7) is 12.0. The van der Waals surface area contributed by atoms with Gasteiger partial charge in [0.25, 0.3) is 0 Å². The van der Waals surface area contributed by atoms with Crippen LogP contribution in [0.15, 0.2) is 48.2 Å². The number of hydrogen-bond acceptors (Lipinski definition) is 1. The van der Waals surface area contributed by atoms with E-state index in [1.165, 1.54) is 16.8 Å². The first-order valence-corrected chi connectivity index (χ1v) is 5.15. The van der Waals surface area contributed by atoms with E-state index >= 15 is 0 Å². The third-order valence-electron chi connectivity index (χ3n) is 2.53. The van der Waals surface area contributed by atoms with E-state index < -0.39 is 0 Å². The summed E-state index contributed by atoms with van der Waals surface area (Å²) in [5.41, 5.74) is 3.76. The molecule has 0 aromatic carbocycles. The summed E-state index contributed by atoms with van der Waals surface area (Å²) >= 11 is 0. The lowest BCUT2D eigenvalue weighted by atomic mass is 10.1. The van der Waals surface area contributed by atoms with Gasteiger partial charge in [0.15, 0.2) is 0 Å². The van der Waals surface area contributed by atoms with E-state index in [0.29, 0.717) is 6.04 Å². The fraction of sp³-hybridized carbons (Fsp3) is 0.385. The Kier molecular flexibility index (Phi) is 3.75. The van der Waals surface area contributed by atoms with Gasteiger partial charge in [0, 0.05) is 11.7 Å². The molecule has 1 aliphatic heterocycles. The number of nitrogens with one attached hydrogen (secondary N) is 1. The van der Waals surface area contributed by atoms with Crippen LogP contribution in [0.3, 0.4) is 0 Å². The highest BCUT2D eigenvalue weighted by molar-refractivity contribution is 5.40. The Bertz CT molecular complexity index is 294. The molecule has 0 radical (unpaired) electrons. The van der Waals surface area contributed by atoms with Crippen LogP contribution in [0.25, 0.3) is 0 Å². The standard InChI is InChI=1S/C13H19N/c1-5-10(4)8-11-9-12(6-2)14-13(11)7-3/h6-8,12,14H,2,4-5,9H2,1,3H3/b11-8-,13-7+. The Morgan fingerprint density at radius 1 is 1.64 bits per heavy atom. The lowest BCUT2D eigenvalue weighted by molar-refractivity contribution is 0.761. The molecule has 0 saturated carbocycles. The van der Waals surface area contributed by atoms with Crippen molar-refractivity contribution < 1.29 is 0 Å². The highest BCUT2D eigenvalue weighted by Crippen LogP contribution is 2.24. The molecule has 1 aliphatic rings. The molecule has 76 valence electrons. The summed E-state index contributed by atoms with van der Waals surface area (Å²) in [5.74, 6) is 0. The van der Waals surface area contributed by atoms with Crippen LogP contribution in [-0.4, -0.2) is 6.04 Å². The molecule has 1 atom stereocenters. The average molecular weight is 189 g/mol. The maximum Gasteiger partial charge on any atom is 0.0482 e. The zero-order valence-corrected chi connectivity index (χ0v) is 9.14. The fourth-order valence-corrected chi connectivity index (χ4v) is 1.59. The minimum Gasteiger partial charge on any atom is -0.379 e. The molecular formula is C13H19N. The van der Waals surface area contributed by atoms with Gasteiger partial charge in [-0.3, -0.25) is 0 Å². The van der Waals surface area contributed by atoms with Gasteiger partial charge in [-0.05, 0) is 25.3 Å². The average Bonchev–Trinajstić information content (AvgIpc) is 2.60. The van der Waals surface area contributed by atoms with Crippen molar-refractivity contribution in [2.75, 3.05) is 0 Å².